The first-order chi connectivity index (χ1) is 8.33. The predicted octanol–water partition coefficient (Wildman–Crippen LogP) is 0.896. The van der Waals surface area contributed by atoms with Crippen molar-refractivity contribution >= 4 is 0 Å². The number of morpholine rings is 1. The Balaban J connectivity index is 1.91. The summed E-state index contributed by atoms with van der Waals surface area (Å²) in [6.07, 6.45) is 5.64. The zero-order valence-corrected chi connectivity index (χ0v) is 11.1. The molecule has 1 rings (SSSR count). The summed E-state index contributed by atoms with van der Waals surface area (Å²) in [5.74, 6) is 0. The van der Waals surface area contributed by atoms with E-state index in [0.717, 1.165) is 45.6 Å². The first-order valence-corrected chi connectivity index (χ1v) is 6.98. The lowest BCUT2D eigenvalue weighted by molar-refractivity contribution is 0.0712. The third-order valence-electron chi connectivity index (χ3n) is 3.21. The normalized spacial score (nSPS) is 22.6. The highest BCUT2D eigenvalue weighted by atomic mass is 16.5. The van der Waals surface area contributed by atoms with Gasteiger partial charge >= 0.3 is 0 Å². The second-order valence-electron chi connectivity index (χ2n) is 4.95. The van der Waals surface area contributed by atoms with Crippen LogP contribution in [0.4, 0.5) is 0 Å². The van der Waals surface area contributed by atoms with Crippen LogP contribution in [0.1, 0.15) is 39.0 Å². The van der Waals surface area contributed by atoms with E-state index in [1.807, 2.05) is 0 Å². The lowest BCUT2D eigenvalue weighted by Gasteiger charge is -2.26. The van der Waals surface area contributed by atoms with Crippen LogP contribution in [0, 0.1) is 0 Å². The van der Waals surface area contributed by atoms with Crippen LogP contribution >= 0.6 is 0 Å². The largest absolute Gasteiger partial charge is 0.396 e. The van der Waals surface area contributed by atoms with Gasteiger partial charge in [-0.15, -0.1) is 0 Å². The molecule has 0 aromatic rings. The monoisotopic (exact) mass is 244 g/mol. The Bertz CT molecular complexity index is 173. The topological polar surface area (TPSA) is 53.5 Å². The van der Waals surface area contributed by atoms with E-state index in [2.05, 4.69) is 17.6 Å². The van der Waals surface area contributed by atoms with E-state index < -0.39 is 0 Å². The summed E-state index contributed by atoms with van der Waals surface area (Å²) in [4.78, 5) is 0. The van der Waals surface area contributed by atoms with Crippen LogP contribution in [0.3, 0.4) is 0 Å². The van der Waals surface area contributed by atoms with Crippen molar-refractivity contribution in [2.75, 3.05) is 32.9 Å². The third kappa shape index (κ3) is 7.71. The molecule has 1 aliphatic heterocycles. The van der Waals surface area contributed by atoms with Gasteiger partial charge in [0.25, 0.3) is 0 Å². The molecule has 0 spiro atoms. The number of unbranched alkanes of at least 4 members (excludes halogenated alkanes) is 3. The first kappa shape index (κ1) is 14.9. The highest BCUT2D eigenvalue weighted by molar-refractivity contribution is 4.75. The van der Waals surface area contributed by atoms with Crippen LogP contribution in [0.25, 0.3) is 0 Å². The molecule has 1 fully saturated rings. The molecule has 1 heterocycles. The molecular formula is C13H28N2O2. The van der Waals surface area contributed by atoms with Crippen molar-refractivity contribution < 1.29 is 9.84 Å². The molecule has 0 amide bonds. The van der Waals surface area contributed by atoms with Gasteiger partial charge in [-0.25, -0.2) is 0 Å². The van der Waals surface area contributed by atoms with E-state index in [4.69, 9.17) is 9.84 Å². The third-order valence-corrected chi connectivity index (χ3v) is 3.21. The molecule has 0 saturated carbocycles. The maximum atomic E-state index is 8.66. The molecule has 0 bridgehead atoms. The van der Waals surface area contributed by atoms with E-state index in [-0.39, 0.29) is 0 Å². The van der Waals surface area contributed by atoms with Gasteiger partial charge in [0.1, 0.15) is 0 Å². The van der Waals surface area contributed by atoms with Crippen LogP contribution in [-0.4, -0.2) is 50.1 Å². The molecule has 1 saturated heterocycles. The van der Waals surface area contributed by atoms with Gasteiger partial charge in [-0.1, -0.05) is 12.8 Å². The molecule has 102 valence electrons. The van der Waals surface area contributed by atoms with Gasteiger partial charge < -0.3 is 20.5 Å². The fraction of sp³-hybridized carbons (Fsp3) is 1.00. The average molecular weight is 244 g/mol. The van der Waals surface area contributed by atoms with Crippen molar-refractivity contribution in [2.45, 2.75) is 51.1 Å². The summed E-state index contributed by atoms with van der Waals surface area (Å²) in [5.41, 5.74) is 0. The Hall–Kier alpha value is -0.160. The average Bonchev–Trinajstić information content (AvgIpc) is 2.35. The van der Waals surface area contributed by atoms with Crippen LogP contribution in [-0.2, 0) is 4.74 Å². The summed E-state index contributed by atoms with van der Waals surface area (Å²) >= 11 is 0. The Labute approximate surface area is 105 Å². The van der Waals surface area contributed by atoms with Crippen molar-refractivity contribution in [1.82, 2.24) is 10.6 Å². The predicted molar refractivity (Wildman–Crippen MR) is 70.2 cm³/mol. The summed E-state index contributed by atoms with van der Waals surface area (Å²) in [6.45, 7) is 6.34. The number of ether oxygens (including phenoxy) is 1. The van der Waals surface area contributed by atoms with E-state index in [9.17, 15) is 0 Å². The van der Waals surface area contributed by atoms with Gasteiger partial charge in [0, 0.05) is 25.2 Å². The van der Waals surface area contributed by atoms with E-state index in [1.165, 1.54) is 12.8 Å². The van der Waals surface area contributed by atoms with Crippen LogP contribution in [0.15, 0.2) is 0 Å². The molecule has 0 radical (unpaired) electrons. The van der Waals surface area contributed by atoms with E-state index in [0.29, 0.717) is 18.7 Å². The zero-order chi connectivity index (χ0) is 12.3. The summed E-state index contributed by atoms with van der Waals surface area (Å²) in [6, 6.07) is 1.06. The number of hydrogen-bond donors (Lipinski definition) is 3. The van der Waals surface area contributed by atoms with Gasteiger partial charge in [-0.2, -0.15) is 0 Å². The maximum absolute atomic E-state index is 8.66. The quantitative estimate of drug-likeness (QED) is 0.527. The number of aliphatic hydroxyl groups excluding tert-OH is 1. The Kier molecular flexibility index (Phi) is 8.61. The molecule has 1 aliphatic rings. The molecule has 3 N–H and O–H groups in total. The van der Waals surface area contributed by atoms with Crippen molar-refractivity contribution in [3.05, 3.63) is 0 Å². The van der Waals surface area contributed by atoms with Crippen LogP contribution in [0.2, 0.25) is 0 Å². The Morgan fingerprint density at radius 3 is 2.88 bits per heavy atom. The molecule has 4 heteroatoms. The number of rotatable bonds is 9. The summed E-state index contributed by atoms with van der Waals surface area (Å²) in [7, 11) is 0. The SMILES string of the molecule is CC(CC1COCCN1)NCCCCCCO. The van der Waals surface area contributed by atoms with Crippen molar-refractivity contribution in [3.8, 4) is 0 Å². The van der Waals surface area contributed by atoms with Gasteiger partial charge in [0.05, 0.1) is 13.2 Å². The minimum atomic E-state index is 0.331. The van der Waals surface area contributed by atoms with E-state index >= 15 is 0 Å². The molecule has 17 heavy (non-hydrogen) atoms. The van der Waals surface area contributed by atoms with Gasteiger partial charge in [0.2, 0.25) is 0 Å². The molecule has 2 unspecified atom stereocenters. The van der Waals surface area contributed by atoms with Crippen molar-refractivity contribution in [3.63, 3.8) is 0 Å². The fourth-order valence-corrected chi connectivity index (χ4v) is 2.22. The second-order valence-corrected chi connectivity index (χ2v) is 4.95. The van der Waals surface area contributed by atoms with Crippen LogP contribution in [0.5, 0.6) is 0 Å². The van der Waals surface area contributed by atoms with Crippen LogP contribution < -0.4 is 10.6 Å². The van der Waals surface area contributed by atoms with Gasteiger partial charge in [0.15, 0.2) is 0 Å². The molecular weight excluding hydrogens is 216 g/mol. The molecule has 0 aromatic heterocycles. The first-order valence-electron chi connectivity index (χ1n) is 6.98. The smallest absolute Gasteiger partial charge is 0.0620 e. The Morgan fingerprint density at radius 1 is 1.35 bits per heavy atom. The maximum Gasteiger partial charge on any atom is 0.0620 e. The molecule has 0 aromatic carbocycles. The van der Waals surface area contributed by atoms with Gasteiger partial charge in [-0.3, -0.25) is 0 Å². The lowest BCUT2D eigenvalue weighted by atomic mass is 10.1. The molecule has 0 aliphatic carbocycles. The number of nitrogens with one attached hydrogen (secondary N) is 2. The summed E-state index contributed by atoms with van der Waals surface area (Å²) in [5, 5.41) is 15.7. The number of aliphatic hydroxyl groups is 1. The van der Waals surface area contributed by atoms with E-state index in [1.54, 1.807) is 0 Å². The lowest BCUT2D eigenvalue weighted by Crippen LogP contribution is -2.45. The highest BCUT2D eigenvalue weighted by Gasteiger charge is 2.15. The second kappa shape index (κ2) is 9.83. The zero-order valence-electron chi connectivity index (χ0n) is 11.1. The minimum Gasteiger partial charge on any atom is -0.396 e. The summed E-state index contributed by atoms with van der Waals surface area (Å²) < 4.78 is 5.44. The van der Waals surface area contributed by atoms with Gasteiger partial charge in [-0.05, 0) is 32.7 Å². The fourth-order valence-electron chi connectivity index (χ4n) is 2.22. The number of hydrogen-bond acceptors (Lipinski definition) is 4. The Morgan fingerprint density at radius 2 is 2.18 bits per heavy atom. The highest BCUT2D eigenvalue weighted by Crippen LogP contribution is 2.03. The molecule has 2 atom stereocenters. The van der Waals surface area contributed by atoms with Crippen molar-refractivity contribution in [1.29, 1.82) is 0 Å². The van der Waals surface area contributed by atoms with Crippen molar-refractivity contribution in [2.24, 2.45) is 0 Å². The molecule has 4 nitrogen and oxygen atoms in total. The standard InChI is InChI=1S/C13H28N2O2/c1-12(10-13-11-17-9-7-15-13)14-6-4-2-3-5-8-16/h12-16H,2-11H2,1H3. The minimum absolute atomic E-state index is 0.331.